The molecule has 1 unspecified atom stereocenters. The van der Waals surface area contributed by atoms with Gasteiger partial charge in [-0.15, -0.1) is 0 Å². The molecule has 6 heteroatoms. The molecule has 0 radical (unpaired) electrons. The number of aryl methyl sites for hydroxylation is 1. The van der Waals surface area contributed by atoms with Gasteiger partial charge in [-0.05, 0) is 30.2 Å². The smallest absolute Gasteiger partial charge is 0.221 e. The minimum absolute atomic E-state index is 0.243. The quantitative estimate of drug-likeness (QED) is 0.812. The molecule has 1 amide bonds. The van der Waals surface area contributed by atoms with Crippen LogP contribution in [0.15, 0.2) is 42.5 Å². The van der Waals surface area contributed by atoms with E-state index in [4.69, 9.17) is 34.8 Å². The normalized spacial score (nSPS) is 11.6. The fraction of sp³-hybridized carbons (Fsp3) is 0.176. The van der Waals surface area contributed by atoms with E-state index in [1.807, 2.05) is 24.3 Å². The number of amides is 1. The van der Waals surface area contributed by atoms with E-state index in [0.717, 1.165) is 5.56 Å². The molecule has 0 aliphatic carbocycles. The van der Waals surface area contributed by atoms with Gasteiger partial charge in [0, 0.05) is 17.0 Å². The molecule has 2 aromatic rings. The Hall–Kier alpha value is -1.73. The summed E-state index contributed by atoms with van der Waals surface area (Å²) in [6, 6.07) is 13.5. The summed E-state index contributed by atoms with van der Waals surface area (Å²) in [6.45, 7) is 0. The van der Waals surface area contributed by atoms with Crippen molar-refractivity contribution in [3.8, 4) is 6.07 Å². The number of nitrogens with one attached hydrogen (secondary N) is 1. The molecule has 0 bridgehead atoms. The molecule has 0 aromatic heterocycles. The van der Waals surface area contributed by atoms with Crippen LogP contribution in [0.5, 0.6) is 0 Å². The van der Waals surface area contributed by atoms with Gasteiger partial charge in [0.2, 0.25) is 5.91 Å². The van der Waals surface area contributed by atoms with Crippen LogP contribution in [0.25, 0.3) is 0 Å². The summed E-state index contributed by atoms with van der Waals surface area (Å²) < 4.78 is 0. The summed E-state index contributed by atoms with van der Waals surface area (Å²) in [6.07, 6.45) is 0.782. The average molecular weight is 368 g/mol. The van der Waals surface area contributed by atoms with Crippen molar-refractivity contribution in [3.05, 3.63) is 68.7 Å². The molecule has 0 saturated heterocycles. The first kappa shape index (κ1) is 17.6. The van der Waals surface area contributed by atoms with Crippen molar-refractivity contribution in [2.45, 2.75) is 18.9 Å². The fourth-order valence-electron chi connectivity index (χ4n) is 2.11. The van der Waals surface area contributed by atoms with Crippen LogP contribution in [-0.4, -0.2) is 5.91 Å². The minimum Gasteiger partial charge on any atom is -0.337 e. The monoisotopic (exact) mass is 366 g/mol. The predicted molar refractivity (Wildman–Crippen MR) is 92.7 cm³/mol. The first-order chi connectivity index (χ1) is 11.0. The van der Waals surface area contributed by atoms with Gasteiger partial charge in [0.1, 0.15) is 6.04 Å². The van der Waals surface area contributed by atoms with Crippen LogP contribution >= 0.6 is 34.8 Å². The zero-order valence-corrected chi connectivity index (χ0v) is 14.3. The van der Waals surface area contributed by atoms with E-state index in [-0.39, 0.29) is 17.4 Å². The molecule has 1 atom stereocenters. The molecule has 0 heterocycles. The summed E-state index contributed by atoms with van der Waals surface area (Å²) in [4.78, 5) is 12.1. The highest BCUT2D eigenvalue weighted by molar-refractivity contribution is 6.42. The minimum atomic E-state index is -0.840. The lowest BCUT2D eigenvalue weighted by atomic mass is 10.1. The number of nitrogens with zero attached hydrogens (tertiary/aromatic N) is 1. The summed E-state index contributed by atoms with van der Waals surface area (Å²) in [5, 5.41) is 13.2. The maximum atomic E-state index is 12.1. The molecule has 2 rings (SSSR count). The fourth-order valence-corrected chi connectivity index (χ4v) is 2.74. The second kappa shape index (κ2) is 8.21. The van der Waals surface area contributed by atoms with Gasteiger partial charge in [-0.2, -0.15) is 5.26 Å². The third-order valence-corrected chi connectivity index (χ3v) is 4.33. The summed E-state index contributed by atoms with van der Waals surface area (Å²) in [7, 11) is 0. The predicted octanol–water partition coefficient (Wildman–Crippen LogP) is 4.96. The number of carbonyl (C=O) groups excluding carboxylic acids is 1. The summed E-state index contributed by atoms with van der Waals surface area (Å²) >= 11 is 17.9. The highest BCUT2D eigenvalue weighted by Gasteiger charge is 2.18. The molecule has 118 valence electrons. The van der Waals surface area contributed by atoms with Crippen LogP contribution in [-0.2, 0) is 11.2 Å². The van der Waals surface area contributed by atoms with Crippen molar-refractivity contribution in [2.75, 3.05) is 0 Å². The van der Waals surface area contributed by atoms with Crippen LogP contribution in [0.3, 0.4) is 0 Å². The van der Waals surface area contributed by atoms with Crippen molar-refractivity contribution in [2.24, 2.45) is 0 Å². The van der Waals surface area contributed by atoms with E-state index in [2.05, 4.69) is 5.32 Å². The number of hydrogen-bond acceptors (Lipinski definition) is 2. The second-order valence-electron chi connectivity index (χ2n) is 4.90. The standard InChI is InChI=1S/C17H13Cl3N2O/c18-12-4-1-3-11(9-12)7-8-16(23)22-15(10-21)13-5-2-6-14(19)17(13)20/h1-6,9,15H,7-8H2,(H,22,23). The Bertz CT molecular complexity index is 756. The SMILES string of the molecule is N#CC(NC(=O)CCc1cccc(Cl)c1)c1cccc(Cl)c1Cl. The van der Waals surface area contributed by atoms with Gasteiger partial charge < -0.3 is 5.32 Å². The molecular weight excluding hydrogens is 355 g/mol. The highest BCUT2D eigenvalue weighted by atomic mass is 35.5. The number of benzene rings is 2. The van der Waals surface area contributed by atoms with Gasteiger partial charge in [-0.1, -0.05) is 59.1 Å². The maximum Gasteiger partial charge on any atom is 0.221 e. The summed E-state index contributed by atoms with van der Waals surface area (Å²) in [5.41, 5.74) is 1.44. The van der Waals surface area contributed by atoms with Crippen LogP contribution in [0, 0.1) is 11.3 Å². The third kappa shape index (κ3) is 4.87. The van der Waals surface area contributed by atoms with Gasteiger partial charge >= 0.3 is 0 Å². The first-order valence-corrected chi connectivity index (χ1v) is 8.02. The molecule has 0 spiro atoms. The van der Waals surface area contributed by atoms with Gasteiger partial charge in [-0.25, -0.2) is 0 Å². The molecule has 0 aliphatic heterocycles. The van der Waals surface area contributed by atoms with Gasteiger partial charge in [0.15, 0.2) is 0 Å². The topological polar surface area (TPSA) is 52.9 Å². The molecule has 3 nitrogen and oxygen atoms in total. The van der Waals surface area contributed by atoms with E-state index in [0.29, 0.717) is 22.0 Å². The molecule has 1 N–H and O–H groups in total. The Kier molecular flexibility index (Phi) is 6.29. The van der Waals surface area contributed by atoms with Gasteiger partial charge in [-0.3, -0.25) is 4.79 Å². The van der Waals surface area contributed by atoms with Crippen molar-refractivity contribution >= 4 is 40.7 Å². The van der Waals surface area contributed by atoms with Crippen LogP contribution < -0.4 is 5.32 Å². The number of halogens is 3. The van der Waals surface area contributed by atoms with Crippen LogP contribution in [0.1, 0.15) is 23.6 Å². The Morgan fingerprint density at radius 3 is 2.61 bits per heavy atom. The Balaban J connectivity index is 2.00. The Labute approximate surface area is 149 Å². The third-order valence-electron chi connectivity index (χ3n) is 3.26. The molecule has 23 heavy (non-hydrogen) atoms. The first-order valence-electron chi connectivity index (χ1n) is 6.88. The lowest BCUT2D eigenvalue weighted by Gasteiger charge is -2.14. The van der Waals surface area contributed by atoms with E-state index in [1.54, 1.807) is 24.3 Å². The van der Waals surface area contributed by atoms with E-state index in [9.17, 15) is 10.1 Å². The number of rotatable bonds is 5. The molecule has 0 aliphatic rings. The lowest BCUT2D eigenvalue weighted by molar-refractivity contribution is -0.121. The number of nitriles is 1. The number of carbonyl (C=O) groups is 1. The summed E-state index contributed by atoms with van der Waals surface area (Å²) in [5.74, 6) is -0.243. The average Bonchev–Trinajstić information content (AvgIpc) is 2.54. The van der Waals surface area contributed by atoms with Gasteiger partial charge in [0.05, 0.1) is 16.1 Å². The van der Waals surface area contributed by atoms with Crippen molar-refractivity contribution < 1.29 is 4.79 Å². The van der Waals surface area contributed by atoms with E-state index in [1.165, 1.54) is 0 Å². The highest BCUT2D eigenvalue weighted by Crippen LogP contribution is 2.29. The van der Waals surface area contributed by atoms with Crippen molar-refractivity contribution in [1.82, 2.24) is 5.32 Å². The largest absolute Gasteiger partial charge is 0.337 e. The zero-order valence-electron chi connectivity index (χ0n) is 12.0. The lowest BCUT2D eigenvalue weighted by Crippen LogP contribution is -2.28. The van der Waals surface area contributed by atoms with Crippen LogP contribution in [0.2, 0.25) is 15.1 Å². The Morgan fingerprint density at radius 2 is 1.91 bits per heavy atom. The van der Waals surface area contributed by atoms with E-state index >= 15 is 0 Å². The van der Waals surface area contributed by atoms with E-state index < -0.39 is 6.04 Å². The van der Waals surface area contributed by atoms with Gasteiger partial charge in [0.25, 0.3) is 0 Å². The molecule has 2 aromatic carbocycles. The zero-order chi connectivity index (χ0) is 16.8. The van der Waals surface area contributed by atoms with Crippen molar-refractivity contribution in [1.29, 1.82) is 5.26 Å². The van der Waals surface area contributed by atoms with Crippen molar-refractivity contribution in [3.63, 3.8) is 0 Å². The second-order valence-corrected chi connectivity index (χ2v) is 6.12. The maximum absolute atomic E-state index is 12.1. The van der Waals surface area contributed by atoms with Crippen LogP contribution in [0.4, 0.5) is 0 Å². The molecular formula is C17H13Cl3N2O. The molecule has 0 fully saturated rings. The molecule has 0 saturated carbocycles. The Morgan fingerprint density at radius 1 is 1.17 bits per heavy atom. The number of hydrogen-bond donors (Lipinski definition) is 1.